The van der Waals surface area contributed by atoms with E-state index in [1.54, 1.807) is 41.0 Å². The molecule has 0 radical (unpaired) electrons. The lowest BCUT2D eigenvalue weighted by molar-refractivity contribution is -0.121. The Morgan fingerprint density at radius 3 is 2.28 bits per heavy atom. The normalized spacial score (nSPS) is 12.1. The van der Waals surface area contributed by atoms with Gasteiger partial charge < -0.3 is 9.88 Å². The van der Waals surface area contributed by atoms with Gasteiger partial charge in [-0.3, -0.25) is 4.79 Å². The second-order valence-corrected chi connectivity index (χ2v) is 12.1. The summed E-state index contributed by atoms with van der Waals surface area (Å²) in [5.41, 5.74) is 3.15. The summed E-state index contributed by atoms with van der Waals surface area (Å²) in [6, 6.07) is 20.7. The molecule has 3 N–H and O–H groups in total. The van der Waals surface area contributed by atoms with Crippen LogP contribution in [0.5, 0.6) is 0 Å². The molecule has 0 aliphatic heterocycles. The van der Waals surface area contributed by atoms with Crippen LogP contribution in [-0.2, 0) is 43.4 Å². The number of hydrogen-bond donors (Lipinski definition) is 2. The minimum absolute atomic E-state index is 0.0305. The molecule has 0 spiro atoms. The fourth-order valence-corrected chi connectivity index (χ4v) is 6.25. The Morgan fingerprint density at radius 1 is 0.917 bits per heavy atom. The van der Waals surface area contributed by atoms with Crippen molar-refractivity contribution >= 4 is 36.7 Å². The van der Waals surface area contributed by atoms with E-state index in [9.17, 15) is 21.6 Å². The third kappa shape index (κ3) is 5.84. The van der Waals surface area contributed by atoms with Crippen molar-refractivity contribution in [2.75, 3.05) is 6.54 Å². The van der Waals surface area contributed by atoms with Crippen molar-refractivity contribution < 1.29 is 21.6 Å². The number of carbonyl (C=O) groups excluding carboxylic acids is 1. The van der Waals surface area contributed by atoms with Gasteiger partial charge in [0, 0.05) is 23.6 Å². The van der Waals surface area contributed by atoms with Crippen molar-refractivity contribution in [2.24, 2.45) is 5.14 Å². The molecule has 188 valence electrons. The number of benzene rings is 3. The minimum Gasteiger partial charge on any atom is -0.354 e. The molecule has 10 heteroatoms. The van der Waals surface area contributed by atoms with E-state index in [4.69, 9.17) is 5.14 Å². The molecule has 0 fully saturated rings. The minimum atomic E-state index is -3.75. The van der Waals surface area contributed by atoms with E-state index in [-0.39, 0.29) is 28.0 Å². The Morgan fingerprint density at radius 2 is 1.58 bits per heavy atom. The van der Waals surface area contributed by atoms with E-state index in [2.05, 4.69) is 5.32 Å². The standard InChI is InChI=1S/C26H27N3O5S2/c1-19-6-2-3-7-21(19)18-35(31,32)25-16-29(24-9-5-4-8-23(24)25)17-26(30)28-15-14-20-10-12-22(13-11-20)36(27,33)34/h2-13,16H,14-15,17-18H2,1H3,(H,28,30)(H2,27,33,34). The fraction of sp³-hybridized carbons (Fsp3) is 0.192. The van der Waals surface area contributed by atoms with Gasteiger partial charge in [-0.2, -0.15) is 0 Å². The maximum atomic E-state index is 13.3. The number of aromatic nitrogens is 1. The summed E-state index contributed by atoms with van der Waals surface area (Å²) in [6.45, 7) is 2.18. The molecule has 0 saturated carbocycles. The average molecular weight is 526 g/mol. The highest BCUT2D eigenvalue weighted by Crippen LogP contribution is 2.28. The van der Waals surface area contributed by atoms with Gasteiger partial charge in [0.15, 0.2) is 9.84 Å². The summed E-state index contributed by atoms with van der Waals surface area (Å²) >= 11 is 0. The average Bonchev–Trinajstić information content (AvgIpc) is 3.20. The van der Waals surface area contributed by atoms with Crippen LogP contribution in [0.4, 0.5) is 0 Å². The van der Waals surface area contributed by atoms with Crippen LogP contribution in [0.25, 0.3) is 10.9 Å². The topological polar surface area (TPSA) is 128 Å². The number of amides is 1. The number of primary sulfonamides is 1. The lowest BCUT2D eigenvalue weighted by Crippen LogP contribution is -2.29. The number of carbonyl (C=O) groups is 1. The van der Waals surface area contributed by atoms with Crippen LogP contribution in [0.1, 0.15) is 16.7 Å². The van der Waals surface area contributed by atoms with Gasteiger partial charge in [0.2, 0.25) is 15.9 Å². The third-order valence-electron chi connectivity index (χ3n) is 6.00. The number of para-hydroxylation sites is 1. The van der Waals surface area contributed by atoms with Crippen molar-refractivity contribution in [1.29, 1.82) is 0 Å². The van der Waals surface area contributed by atoms with Gasteiger partial charge in [0.1, 0.15) is 6.54 Å². The molecule has 4 rings (SSSR count). The summed E-state index contributed by atoms with van der Waals surface area (Å²) in [6.07, 6.45) is 2.03. The zero-order chi connectivity index (χ0) is 25.9. The zero-order valence-corrected chi connectivity index (χ0v) is 21.3. The quantitative estimate of drug-likeness (QED) is 0.347. The van der Waals surface area contributed by atoms with Crippen LogP contribution in [0.15, 0.2) is 88.8 Å². The van der Waals surface area contributed by atoms with E-state index >= 15 is 0 Å². The molecule has 1 heterocycles. The first kappa shape index (κ1) is 25.6. The van der Waals surface area contributed by atoms with Crippen molar-refractivity contribution in [3.8, 4) is 0 Å². The molecule has 0 unspecified atom stereocenters. The molecule has 0 saturated heterocycles. The summed E-state index contributed by atoms with van der Waals surface area (Å²) in [4.78, 5) is 12.9. The van der Waals surface area contributed by atoms with Crippen molar-refractivity contribution in [1.82, 2.24) is 9.88 Å². The Kier molecular flexibility index (Phi) is 7.30. The molecule has 4 aromatic rings. The highest BCUT2D eigenvalue weighted by molar-refractivity contribution is 7.91. The van der Waals surface area contributed by atoms with Gasteiger partial charge in [-0.05, 0) is 48.2 Å². The molecule has 1 amide bonds. The Bertz CT molecular complexity index is 1620. The van der Waals surface area contributed by atoms with Crippen LogP contribution < -0.4 is 10.5 Å². The summed E-state index contributed by atoms with van der Waals surface area (Å²) in [5, 5.41) is 8.52. The van der Waals surface area contributed by atoms with Crippen LogP contribution in [0.2, 0.25) is 0 Å². The number of nitrogens with zero attached hydrogens (tertiary/aromatic N) is 1. The van der Waals surface area contributed by atoms with Crippen LogP contribution in [-0.4, -0.2) is 33.9 Å². The number of nitrogens with two attached hydrogens (primary N) is 1. The van der Waals surface area contributed by atoms with E-state index in [1.165, 1.54) is 18.3 Å². The molecule has 0 atom stereocenters. The Labute approximate surface area is 210 Å². The molecule has 0 bridgehead atoms. The third-order valence-corrected chi connectivity index (χ3v) is 8.61. The lowest BCUT2D eigenvalue weighted by Gasteiger charge is -2.08. The summed E-state index contributed by atoms with van der Waals surface area (Å²) in [5.74, 6) is -0.385. The fourth-order valence-electron chi connectivity index (χ4n) is 4.05. The maximum Gasteiger partial charge on any atom is 0.239 e. The van der Waals surface area contributed by atoms with Crippen molar-refractivity contribution in [2.45, 2.75) is 35.4 Å². The number of fused-ring (bicyclic) bond motifs is 1. The second kappa shape index (κ2) is 10.3. The van der Waals surface area contributed by atoms with Gasteiger partial charge >= 0.3 is 0 Å². The number of aryl methyl sites for hydroxylation is 1. The molecule has 1 aromatic heterocycles. The predicted molar refractivity (Wildman–Crippen MR) is 139 cm³/mol. The first-order valence-electron chi connectivity index (χ1n) is 11.3. The highest BCUT2D eigenvalue weighted by Gasteiger charge is 2.23. The number of nitrogens with one attached hydrogen (secondary N) is 1. The van der Waals surface area contributed by atoms with E-state index < -0.39 is 19.9 Å². The van der Waals surface area contributed by atoms with Crippen LogP contribution in [0.3, 0.4) is 0 Å². The van der Waals surface area contributed by atoms with Crippen LogP contribution >= 0.6 is 0 Å². The monoisotopic (exact) mass is 525 g/mol. The van der Waals surface area contributed by atoms with Gasteiger partial charge in [0.25, 0.3) is 0 Å². The van der Waals surface area contributed by atoms with E-state index in [0.717, 1.165) is 16.7 Å². The van der Waals surface area contributed by atoms with Crippen molar-refractivity contribution in [3.05, 3.63) is 95.7 Å². The SMILES string of the molecule is Cc1ccccc1CS(=O)(=O)c1cn(CC(=O)NCCc2ccc(S(N)(=O)=O)cc2)c2ccccc12. The predicted octanol–water partition coefficient (Wildman–Crippen LogP) is 2.93. The first-order chi connectivity index (χ1) is 17.0. The molecule has 36 heavy (non-hydrogen) atoms. The Balaban J connectivity index is 1.47. The largest absolute Gasteiger partial charge is 0.354 e. The smallest absolute Gasteiger partial charge is 0.239 e. The number of rotatable bonds is 9. The summed E-state index contributed by atoms with van der Waals surface area (Å²) < 4.78 is 51.0. The van der Waals surface area contributed by atoms with E-state index in [0.29, 0.717) is 23.9 Å². The van der Waals surface area contributed by atoms with Gasteiger partial charge in [-0.15, -0.1) is 0 Å². The van der Waals surface area contributed by atoms with Crippen molar-refractivity contribution in [3.63, 3.8) is 0 Å². The molecule has 3 aromatic carbocycles. The molecular formula is C26H27N3O5S2. The van der Waals surface area contributed by atoms with Crippen LogP contribution in [0, 0.1) is 6.92 Å². The van der Waals surface area contributed by atoms with E-state index in [1.807, 2.05) is 31.2 Å². The van der Waals surface area contributed by atoms with Gasteiger partial charge in [-0.25, -0.2) is 22.0 Å². The first-order valence-corrected chi connectivity index (χ1v) is 14.5. The number of hydrogen-bond acceptors (Lipinski definition) is 5. The second-order valence-electron chi connectivity index (χ2n) is 8.61. The summed E-state index contributed by atoms with van der Waals surface area (Å²) in [7, 11) is -7.40. The lowest BCUT2D eigenvalue weighted by atomic mass is 10.1. The Hall–Kier alpha value is -3.47. The number of sulfone groups is 1. The molecular weight excluding hydrogens is 498 g/mol. The maximum absolute atomic E-state index is 13.3. The highest BCUT2D eigenvalue weighted by atomic mass is 32.2. The molecule has 8 nitrogen and oxygen atoms in total. The molecule has 0 aliphatic carbocycles. The van der Waals surface area contributed by atoms with Gasteiger partial charge in [-0.1, -0.05) is 54.6 Å². The number of sulfonamides is 1. The molecule has 0 aliphatic rings. The zero-order valence-electron chi connectivity index (χ0n) is 19.7. The van der Waals surface area contributed by atoms with Gasteiger partial charge in [0.05, 0.1) is 15.5 Å².